The highest BCUT2D eigenvalue weighted by molar-refractivity contribution is 5.87. The van der Waals surface area contributed by atoms with E-state index in [4.69, 9.17) is 4.11 Å². The summed E-state index contributed by atoms with van der Waals surface area (Å²) >= 11 is 0. The first kappa shape index (κ1) is 10.3. The summed E-state index contributed by atoms with van der Waals surface area (Å²) in [4.78, 5) is 12.6. The van der Waals surface area contributed by atoms with Gasteiger partial charge in [0.2, 0.25) is 0 Å². The number of fused-ring (bicyclic) bond motifs is 5. The van der Waals surface area contributed by atoms with E-state index in [0.29, 0.717) is 12.8 Å². The van der Waals surface area contributed by atoms with E-state index >= 15 is 0 Å². The Kier molecular flexibility index (Phi) is 2.07. The van der Waals surface area contributed by atoms with Crippen molar-refractivity contribution in [3.8, 4) is 11.5 Å². The van der Waals surface area contributed by atoms with Crippen molar-refractivity contribution in [2.24, 2.45) is 17.3 Å². The van der Waals surface area contributed by atoms with Crippen LogP contribution in [0.5, 0.6) is 11.5 Å². The summed E-state index contributed by atoms with van der Waals surface area (Å²) in [5.74, 6) is -0.455. The van der Waals surface area contributed by atoms with Gasteiger partial charge < -0.3 is 10.2 Å². The van der Waals surface area contributed by atoms with Gasteiger partial charge in [-0.1, -0.05) is 13.0 Å². The minimum atomic E-state index is -1.74. The third-order valence-corrected chi connectivity index (χ3v) is 6.18. The molecule has 0 spiro atoms. The summed E-state index contributed by atoms with van der Waals surface area (Å²) in [6.07, 6.45) is 1.32. The Hall–Kier alpha value is -1.51. The Labute approximate surface area is 129 Å². The summed E-state index contributed by atoms with van der Waals surface area (Å²) in [6.45, 7) is 1.92. The van der Waals surface area contributed by atoms with E-state index in [1.807, 2.05) is 6.92 Å². The molecule has 4 rings (SSSR count). The zero-order chi connectivity index (χ0) is 17.4. The molecular formula is C18H22O3. The van der Waals surface area contributed by atoms with Crippen LogP contribution < -0.4 is 0 Å². The molecule has 2 saturated carbocycles. The molecule has 0 amide bonds. The van der Waals surface area contributed by atoms with Gasteiger partial charge in [0.15, 0.2) is 11.5 Å². The summed E-state index contributed by atoms with van der Waals surface area (Å²) in [5.41, 5.74) is 1.04. The van der Waals surface area contributed by atoms with Crippen LogP contribution in [0.1, 0.15) is 60.1 Å². The number of rotatable bonds is 0. The fraction of sp³-hybridized carbons (Fsp3) is 0.611. The number of phenols is 2. The summed E-state index contributed by atoms with van der Waals surface area (Å²) in [6, 6.07) is 1.58. The second-order valence-corrected chi connectivity index (χ2v) is 7.00. The Bertz CT molecular complexity index is 746. The first-order valence-electron chi connectivity index (χ1n) is 9.26. The van der Waals surface area contributed by atoms with E-state index in [1.165, 1.54) is 0 Å². The van der Waals surface area contributed by atoms with Crippen LogP contribution in [0.2, 0.25) is 0 Å². The predicted molar refractivity (Wildman–Crippen MR) is 79.4 cm³/mol. The molecule has 1 aromatic carbocycles. The number of carbonyl (C=O) groups is 1. The Balaban J connectivity index is 1.78. The highest BCUT2D eigenvalue weighted by atomic mass is 16.3. The van der Waals surface area contributed by atoms with Gasteiger partial charge in [-0.15, -0.1) is 0 Å². The maximum absolute atomic E-state index is 12.6. The topological polar surface area (TPSA) is 57.5 Å². The van der Waals surface area contributed by atoms with E-state index in [0.717, 1.165) is 24.0 Å². The van der Waals surface area contributed by atoms with Crippen molar-refractivity contribution in [3.63, 3.8) is 0 Å². The van der Waals surface area contributed by atoms with Crippen LogP contribution in [0.4, 0.5) is 0 Å². The van der Waals surface area contributed by atoms with E-state index < -0.39 is 11.8 Å². The molecule has 0 unspecified atom stereocenters. The van der Waals surface area contributed by atoms with Gasteiger partial charge in [-0.25, -0.2) is 0 Å². The molecular weight excluding hydrogens is 264 g/mol. The molecule has 0 aromatic heterocycles. The van der Waals surface area contributed by atoms with Crippen molar-refractivity contribution in [2.45, 2.75) is 51.3 Å². The third-order valence-electron chi connectivity index (χ3n) is 6.18. The molecule has 112 valence electrons. The second kappa shape index (κ2) is 4.25. The first-order chi connectivity index (χ1) is 11.2. The standard InChI is InChI=1S/C18H22O3/c1-18-9-8-11-10-4-6-15(19)17(21)13(10)3-2-12(11)14(18)5-7-16(18)20/h4,6,11-12,14,19,21H,2-3,5,7-9H2,1H3/t11-,12-,14+,18+/m1/s1/i6D,7D2. The monoisotopic (exact) mass is 289 g/mol. The average Bonchev–Trinajstić information content (AvgIpc) is 2.72. The molecule has 21 heavy (non-hydrogen) atoms. The fourth-order valence-electron chi connectivity index (χ4n) is 4.95. The molecule has 0 aliphatic heterocycles. The molecule has 1 aromatic rings. The molecule has 0 bridgehead atoms. The van der Waals surface area contributed by atoms with Gasteiger partial charge >= 0.3 is 0 Å². The molecule has 0 saturated heterocycles. The Morgan fingerprint density at radius 2 is 2.19 bits per heavy atom. The molecule has 4 atom stereocenters. The molecule has 3 heteroatoms. The molecule has 0 heterocycles. The van der Waals surface area contributed by atoms with Gasteiger partial charge in [-0.3, -0.25) is 4.79 Å². The zero-order valence-corrected chi connectivity index (χ0v) is 12.1. The minimum Gasteiger partial charge on any atom is -0.504 e. The van der Waals surface area contributed by atoms with Crippen LogP contribution in [0.15, 0.2) is 12.1 Å². The number of aromatic hydroxyl groups is 2. The largest absolute Gasteiger partial charge is 0.504 e. The van der Waals surface area contributed by atoms with Gasteiger partial charge in [0.1, 0.15) is 5.78 Å². The van der Waals surface area contributed by atoms with Gasteiger partial charge in [0.05, 0.1) is 1.37 Å². The summed E-state index contributed by atoms with van der Waals surface area (Å²) in [7, 11) is 0. The van der Waals surface area contributed by atoms with Gasteiger partial charge in [-0.2, -0.15) is 0 Å². The number of hydrogen-bond acceptors (Lipinski definition) is 3. The highest BCUT2D eigenvalue weighted by Crippen LogP contribution is 2.60. The molecule has 2 fully saturated rings. The van der Waals surface area contributed by atoms with Crippen molar-refractivity contribution in [2.75, 3.05) is 0 Å². The van der Waals surface area contributed by atoms with E-state index in [1.54, 1.807) is 6.07 Å². The number of Topliss-reactive ketones (excluding diaryl/α,β-unsaturated/α-hetero) is 1. The van der Waals surface area contributed by atoms with Crippen molar-refractivity contribution < 1.29 is 19.1 Å². The van der Waals surface area contributed by atoms with E-state index in [2.05, 4.69) is 0 Å². The molecule has 3 nitrogen and oxygen atoms in total. The van der Waals surface area contributed by atoms with Crippen LogP contribution in [0, 0.1) is 17.3 Å². The second-order valence-electron chi connectivity index (χ2n) is 7.00. The lowest BCUT2D eigenvalue weighted by atomic mass is 9.55. The summed E-state index contributed by atoms with van der Waals surface area (Å²) < 4.78 is 24.0. The zero-order valence-electron chi connectivity index (χ0n) is 15.1. The molecule has 0 radical (unpaired) electrons. The average molecular weight is 289 g/mol. The minimum absolute atomic E-state index is 0.0111. The van der Waals surface area contributed by atoms with Crippen LogP contribution in [0.25, 0.3) is 0 Å². The third kappa shape index (κ3) is 1.63. The van der Waals surface area contributed by atoms with Gasteiger partial charge in [-0.05, 0) is 61.5 Å². The van der Waals surface area contributed by atoms with Crippen molar-refractivity contribution >= 4 is 5.78 Å². The van der Waals surface area contributed by atoms with Crippen molar-refractivity contribution in [3.05, 3.63) is 23.2 Å². The van der Waals surface area contributed by atoms with Crippen LogP contribution in [0.3, 0.4) is 0 Å². The van der Waals surface area contributed by atoms with Crippen molar-refractivity contribution in [1.82, 2.24) is 0 Å². The van der Waals surface area contributed by atoms with E-state index in [9.17, 15) is 15.0 Å². The van der Waals surface area contributed by atoms with Crippen LogP contribution in [-0.2, 0) is 11.2 Å². The molecule has 3 aliphatic carbocycles. The maximum atomic E-state index is 12.6. The fourth-order valence-corrected chi connectivity index (χ4v) is 4.95. The maximum Gasteiger partial charge on any atom is 0.160 e. The van der Waals surface area contributed by atoms with Crippen LogP contribution >= 0.6 is 0 Å². The Morgan fingerprint density at radius 1 is 1.38 bits per heavy atom. The number of hydrogen-bond donors (Lipinski definition) is 2. The molecule has 3 aliphatic rings. The number of carbonyl (C=O) groups excluding carboxylic acids is 1. The van der Waals surface area contributed by atoms with E-state index in [-0.39, 0.29) is 47.5 Å². The van der Waals surface area contributed by atoms with Gasteiger partial charge in [0, 0.05) is 20.1 Å². The predicted octanol–water partition coefficient (Wildman–Crippen LogP) is 3.52. The Morgan fingerprint density at radius 3 is 3.00 bits per heavy atom. The number of benzene rings is 1. The first-order valence-corrected chi connectivity index (χ1v) is 7.76. The lowest BCUT2D eigenvalue weighted by Crippen LogP contribution is -2.42. The highest BCUT2D eigenvalue weighted by Gasteiger charge is 2.54. The quantitative estimate of drug-likeness (QED) is 0.718. The summed E-state index contributed by atoms with van der Waals surface area (Å²) in [5, 5.41) is 20.0. The normalized spacial score (nSPS) is 42.2. The van der Waals surface area contributed by atoms with Crippen molar-refractivity contribution in [1.29, 1.82) is 0 Å². The van der Waals surface area contributed by atoms with Gasteiger partial charge in [0.25, 0.3) is 0 Å². The molecule has 2 N–H and O–H groups in total. The smallest absolute Gasteiger partial charge is 0.160 e. The number of phenolic OH excluding ortho intramolecular Hbond substituents is 2. The lowest BCUT2D eigenvalue weighted by molar-refractivity contribution is -0.129. The SMILES string of the molecule is [2H]c1cc2c(c(O)c1O)CC[C@@H]1[C@@H]2CC[C@]2(C)C(=O)C([2H])([2H])C[C@@H]12. The lowest BCUT2D eigenvalue weighted by Gasteiger charge is -2.48. The van der Waals surface area contributed by atoms with Crippen LogP contribution in [-0.4, -0.2) is 16.0 Å². The number of ketones is 1.